The fourth-order valence-electron chi connectivity index (χ4n) is 5.77. The number of hydroxylamine groups is 2. The van der Waals surface area contributed by atoms with E-state index < -0.39 is 17.4 Å². The first-order valence-corrected chi connectivity index (χ1v) is 13.1. The first-order chi connectivity index (χ1) is 16.2. The van der Waals surface area contributed by atoms with Crippen LogP contribution in [0.4, 0.5) is 0 Å². The Morgan fingerprint density at radius 2 is 1.71 bits per heavy atom. The van der Waals surface area contributed by atoms with Crippen molar-refractivity contribution in [2.24, 2.45) is 17.3 Å². The molecule has 0 aromatic heterocycles. The molecule has 3 N–H and O–H groups in total. The summed E-state index contributed by atoms with van der Waals surface area (Å²) >= 11 is 0. The highest BCUT2D eigenvalue weighted by Crippen LogP contribution is 2.31. The summed E-state index contributed by atoms with van der Waals surface area (Å²) in [5, 5.41) is 16.8. The van der Waals surface area contributed by atoms with Gasteiger partial charge in [0.15, 0.2) is 0 Å². The molecule has 2 saturated heterocycles. The van der Waals surface area contributed by atoms with Gasteiger partial charge in [-0.05, 0) is 30.6 Å². The Bertz CT molecular complexity index is 677. The summed E-state index contributed by atoms with van der Waals surface area (Å²) in [4.78, 5) is 42.4. The number of piperidine rings is 1. The second kappa shape index (κ2) is 12.3. The van der Waals surface area contributed by atoms with Crippen LogP contribution in [0.3, 0.4) is 0 Å². The monoisotopic (exact) mass is 479 g/mol. The lowest BCUT2D eigenvalue weighted by Crippen LogP contribution is -2.59. The van der Waals surface area contributed by atoms with Crippen LogP contribution in [0.25, 0.3) is 0 Å². The zero-order chi connectivity index (χ0) is 24.7. The van der Waals surface area contributed by atoms with E-state index in [0.717, 1.165) is 64.7 Å². The highest BCUT2D eigenvalue weighted by Gasteiger charge is 2.39. The average Bonchev–Trinajstić information content (AvgIpc) is 3.34. The van der Waals surface area contributed by atoms with E-state index in [0.29, 0.717) is 42.9 Å². The van der Waals surface area contributed by atoms with E-state index >= 15 is 0 Å². The fraction of sp³-hybridized carbons (Fsp3) is 0.880. The highest BCUT2D eigenvalue weighted by molar-refractivity contribution is 5.89. The summed E-state index contributed by atoms with van der Waals surface area (Å²) in [6, 6.07) is -0.131. The first kappa shape index (κ1) is 26.9. The molecule has 194 valence electrons. The maximum atomic E-state index is 13.6. The van der Waals surface area contributed by atoms with Crippen molar-refractivity contribution in [1.82, 2.24) is 25.5 Å². The van der Waals surface area contributed by atoms with Gasteiger partial charge < -0.3 is 15.5 Å². The van der Waals surface area contributed by atoms with Crippen LogP contribution >= 0.6 is 0 Å². The second-order valence-electron chi connectivity index (χ2n) is 11.5. The number of nitrogens with one attached hydrogen (secondary N) is 2. The highest BCUT2D eigenvalue weighted by atomic mass is 16.5. The van der Waals surface area contributed by atoms with Crippen molar-refractivity contribution in [3.8, 4) is 0 Å². The van der Waals surface area contributed by atoms with Crippen LogP contribution < -0.4 is 10.6 Å². The molecule has 1 saturated carbocycles. The maximum absolute atomic E-state index is 13.6. The van der Waals surface area contributed by atoms with Gasteiger partial charge in [-0.3, -0.25) is 24.5 Å². The van der Waals surface area contributed by atoms with Gasteiger partial charge in [-0.2, -0.15) is 0 Å². The molecule has 3 aliphatic rings. The van der Waals surface area contributed by atoms with Crippen molar-refractivity contribution in [3.63, 3.8) is 0 Å². The van der Waals surface area contributed by atoms with E-state index in [9.17, 15) is 19.6 Å². The zero-order valence-electron chi connectivity index (χ0n) is 21.3. The topological polar surface area (TPSA) is 105 Å². The van der Waals surface area contributed by atoms with Gasteiger partial charge in [-0.15, -0.1) is 0 Å². The van der Waals surface area contributed by atoms with E-state index in [1.54, 1.807) is 0 Å². The Morgan fingerprint density at radius 1 is 1.09 bits per heavy atom. The second-order valence-corrected chi connectivity index (χ2v) is 11.5. The van der Waals surface area contributed by atoms with Crippen LogP contribution in [0.15, 0.2) is 0 Å². The molecule has 0 radical (unpaired) electrons. The minimum atomic E-state index is -0.648. The number of carbonyl (C=O) groups is 3. The third-order valence-electron chi connectivity index (χ3n) is 7.84. The zero-order valence-corrected chi connectivity index (χ0v) is 21.3. The summed E-state index contributed by atoms with van der Waals surface area (Å²) < 4.78 is 0. The number of hydrogen-bond donors (Lipinski definition) is 3. The molecule has 9 heteroatoms. The number of likely N-dealkylation sites (tertiary alicyclic amines) is 1. The van der Waals surface area contributed by atoms with Crippen LogP contribution in [0.2, 0.25) is 0 Å². The number of amides is 3. The Labute approximate surface area is 204 Å². The standard InChI is InChI=1S/C25H45N5O4/c1-25(2,3)22(24(33)29-12-8-21(9-13-29)28-14-10-26-11-15-28)27-23(32)20(17-30(34)18-31)16-19-6-4-5-7-19/h18-22,26,34H,4-17H2,1-3H3,(H,27,32)/t20-,22-/m1/s1. The molecule has 0 spiro atoms. The lowest BCUT2D eigenvalue weighted by atomic mass is 9.84. The van der Waals surface area contributed by atoms with Crippen molar-refractivity contribution in [2.45, 2.75) is 77.8 Å². The lowest BCUT2D eigenvalue weighted by molar-refractivity contribution is -0.156. The average molecular weight is 480 g/mol. The SMILES string of the molecule is CC(C)(C)[C@H](NC(=O)[C@H](CC1CCCC1)CN(O)C=O)C(=O)N1CCC(N2CCNCC2)CC1. The normalized spacial score (nSPS) is 22.9. The van der Waals surface area contributed by atoms with Crippen LogP contribution in [0.1, 0.15) is 65.7 Å². The predicted octanol–water partition coefficient (Wildman–Crippen LogP) is 1.46. The van der Waals surface area contributed by atoms with Crippen molar-refractivity contribution >= 4 is 18.2 Å². The van der Waals surface area contributed by atoms with Gasteiger partial charge in [0.1, 0.15) is 6.04 Å². The Morgan fingerprint density at radius 3 is 2.26 bits per heavy atom. The number of piperazine rings is 1. The molecule has 3 amide bonds. The largest absolute Gasteiger partial charge is 0.344 e. The molecule has 2 heterocycles. The molecule has 2 atom stereocenters. The number of carbonyl (C=O) groups excluding carboxylic acids is 3. The molecular weight excluding hydrogens is 434 g/mol. The molecular formula is C25H45N5O4. The Hall–Kier alpha value is -1.71. The smallest absolute Gasteiger partial charge is 0.245 e. The van der Waals surface area contributed by atoms with Crippen molar-refractivity contribution in [3.05, 3.63) is 0 Å². The molecule has 9 nitrogen and oxygen atoms in total. The summed E-state index contributed by atoms with van der Waals surface area (Å²) in [5.41, 5.74) is -0.455. The minimum Gasteiger partial charge on any atom is -0.344 e. The van der Waals surface area contributed by atoms with E-state index in [2.05, 4.69) is 15.5 Å². The lowest BCUT2D eigenvalue weighted by Gasteiger charge is -2.42. The minimum absolute atomic E-state index is 0.0320. The van der Waals surface area contributed by atoms with E-state index in [-0.39, 0.29) is 18.4 Å². The van der Waals surface area contributed by atoms with Crippen LogP contribution in [0.5, 0.6) is 0 Å². The van der Waals surface area contributed by atoms with Gasteiger partial charge in [0.25, 0.3) is 0 Å². The molecule has 0 bridgehead atoms. The molecule has 3 rings (SSSR count). The van der Waals surface area contributed by atoms with E-state index in [1.807, 2.05) is 25.7 Å². The number of hydrogen-bond acceptors (Lipinski definition) is 6. The van der Waals surface area contributed by atoms with Crippen molar-refractivity contribution in [1.29, 1.82) is 0 Å². The fourth-order valence-corrected chi connectivity index (χ4v) is 5.77. The van der Waals surface area contributed by atoms with Crippen LogP contribution in [-0.4, -0.2) is 96.2 Å². The summed E-state index contributed by atoms with van der Waals surface area (Å²) in [6.07, 6.45) is 7.33. The summed E-state index contributed by atoms with van der Waals surface area (Å²) in [7, 11) is 0. The molecule has 0 unspecified atom stereocenters. The van der Waals surface area contributed by atoms with Gasteiger partial charge in [-0.1, -0.05) is 46.5 Å². The molecule has 1 aliphatic carbocycles. The number of rotatable bonds is 9. The molecule has 3 fully saturated rings. The Balaban J connectivity index is 1.62. The Kier molecular flexibility index (Phi) is 9.74. The van der Waals surface area contributed by atoms with Crippen molar-refractivity contribution in [2.75, 3.05) is 45.8 Å². The van der Waals surface area contributed by atoms with Crippen LogP contribution in [-0.2, 0) is 14.4 Å². The summed E-state index contributed by atoms with van der Waals surface area (Å²) in [6.45, 7) is 11.4. The van der Waals surface area contributed by atoms with Crippen LogP contribution in [0, 0.1) is 17.3 Å². The van der Waals surface area contributed by atoms with Gasteiger partial charge in [0.2, 0.25) is 18.2 Å². The van der Waals surface area contributed by atoms with Gasteiger partial charge in [0.05, 0.1) is 12.5 Å². The molecule has 34 heavy (non-hydrogen) atoms. The van der Waals surface area contributed by atoms with Crippen molar-refractivity contribution < 1.29 is 19.6 Å². The van der Waals surface area contributed by atoms with E-state index in [4.69, 9.17) is 0 Å². The molecule has 0 aromatic rings. The summed E-state index contributed by atoms with van der Waals surface area (Å²) in [5.74, 6) is -0.398. The van der Waals surface area contributed by atoms with Gasteiger partial charge in [0, 0.05) is 45.3 Å². The predicted molar refractivity (Wildman–Crippen MR) is 130 cm³/mol. The third-order valence-corrected chi connectivity index (χ3v) is 7.84. The first-order valence-electron chi connectivity index (χ1n) is 13.1. The third kappa shape index (κ3) is 7.39. The van der Waals surface area contributed by atoms with Gasteiger partial charge >= 0.3 is 0 Å². The van der Waals surface area contributed by atoms with E-state index in [1.165, 1.54) is 0 Å². The molecule has 0 aromatic carbocycles. The maximum Gasteiger partial charge on any atom is 0.245 e. The van der Waals surface area contributed by atoms with Gasteiger partial charge in [-0.25, -0.2) is 5.06 Å². The quantitative estimate of drug-likeness (QED) is 0.263. The number of nitrogens with zero attached hydrogens (tertiary/aromatic N) is 3. The molecule has 2 aliphatic heterocycles.